The number of nitrogen functional groups attached to an aromatic ring is 1. The van der Waals surface area contributed by atoms with Crippen LogP contribution in [0.5, 0.6) is 0 Å². The minimum Gasteiger partial charge on any atom is -0.398 e. The van der Waals surface area contributed by atoms with Crippen LogP contribution in [0.1, 0.15) is 5.56 Å². The van der Waals surface area contributed by atoms with Crippen molar-refractivity contribution in [3.05, 3.63) is 35.9 Å². The number of nitrogens with two attached hydrogens (primary N) is 1. The van der Waals surface area contributed by atoms with Crippen molar-refractivity contribution in [2.75, 3.05) is 24.7 Å². The predicted octanol–water partition coefficient (Wildman–Crippen LogP) is 2.74. The van der Waals surface area contributed by atoms with Crippen molar-refractivity contribution in [3.63, 3.8) is 0 Å². The van der Waals surface area contributed by atoms with Gasteiger partial charge in [0.1, 0.15) is 0 Å². The molecule has 0 fully saturated rings. The molecule has 0 saturated heterocycles. The highest BCUT2D eigenvalue weighted by molar-refractivity contribution is 5.91. The fourth-order valence-corrected chi connectivity index (χ4v) is 2.16. The first-order chi connectivity index (χ1) is 9.06. The molecule has 0 radical (unpaired) electrons. The van der Waals surface area contributed by atoms with Crippen LogP contribution in [0.2, 0.25) is 0 Å². The lowest BCUT2D eigenvalue weighted by molar-refractivity contribution is 1.13. The van der Waals surface area contributed by atoms with Gasteiger partial charge in [0.15, 0.2) is 0 Å². The number of rotatable bonds is 1. The van der Waals surface area contributed by atoms with Gasteiger partial charge in [-0.1, -0.05) is 0 Å². The maximum Gasteiger partial charge on any atom is 0.0944 e. The summed E-state index contributed by atoms with van der Waals surface area (Å²) in [5.41, 5.74) is 12.4. The second-order valence-electron chi connectivity index (χ2n) is 4.94. The normalized spacial score (nSPS) is 11.1. The van der Waals surface area contributed by atoms with E-state index in [1.807, 2.05) is 51.4 Å². The lowest BCUT2D eigenvalue weighted by Crippen LogP contribution is -2.08. The number of benzene rings is 2. The minimum atomic E-state index is 0.755. The van der Waals surface area contributed by atoms with Gasteiger partial charge in [-0.05, 0) is 42.8 Å². The molecule has 2 aromatic carbocycles. The van der Waals surface area contributed by atoms with Crippen molar-refractivity contribution < 1.29 is 0 Å². The molecule has 0 bridgehead atoms. The van der Waals surface area contributed by atoms with Gasteiger partial charge in [-0.2, -0.15) is 0 Å². The van der Waals surface area contributed by atoms with Crippen LogP contribution in [0.3, 0.4) is 0 Å². The fraction of sp³-hybridized carbons (Fsp3) is 0.200. The Balaban J connectivity index is 2.36. The Morgan fingerprint density at radius 3 is 2.42 bits per heavy atom. The summed E-state index contributed by atoms with van der Waals surface area (Å²) in [5, 5.41) is 0. The van der Waals surface area contributed by atoms with Crippen LogP contribution in [0, 0.1) is 6.92 Å². The highest BCUT2D eigenvalue weighted by Gasteiger charge is 2.07. The molecule has 19 heavy (non-hydrogen) atoms. The molecule has 96 valence electrons. The van der Waals surface area contributed by atoms with E-state index in [1.165, 1.54) is 0 Å². The highest BCUT2D eigenvalue weighted by atomic mass is 15.1. The Morgan fingerprint density at radius 2 is 1.68 bits per heavy atom. The van der Waals surface area contributed by atoms with Gasteiger partial charge in [0, 0.05) is 25.5 Å². The van der Waals surface area contributed by atoms with Gasteiger partial charge in [-0.3, -0.25) is 0 Å². The molecule has 3 rings (SSSR count). The Bertz CT molecular complexity index is 778. The number of nitrogens with zero attached hydrogens (tertiary/aromatic N) is 3. The van der Waals surface area contributed by atoms with Crippen LogP contribution in [-0.2, 0) is 0 Å². The molecule has 0 aliphatic carbocycles. The molecule has 0 amide bonds. The summed E-state index contributed by atoms with van der Waals surface area (Å²) in [6.07, 6.45) is 0. The highest BCUT2D eigenvalue weighted by Crippen LogP contribution is 2.25. The largest absolute Gasteiger partial charge is 0.398 e. The van der Waals surface area contributed by atoms with Crippen molar-refractivity contribution in [2.24, 2.45) is 0 Å². The number of aromatic nitrogens is 2. The maximum absolute atomic E-state index is 5.93. The molecule has 3 aromatic rings. The van der Waals surface area contributed by atoms with Crippen molar-refractivity contribution >= 4 is 33.4 Å². The number of fused-ring (bicyclic) bond motifs is 2. The third-order valence-corrected chi connectivity index (χ3v) is 3.40. The molecule has 0 aliphatic heterocycles. The lowest BCUT2D eigenvalue weighted by atomic mass is 10.1. The summed E-state index contributed by atoms with van der Waals surface area (Å²) in [6, 6.07) is 9.90. The fourth-order valence-electron chi connectivity index (χ4n) is 2.16. The van der Waals surface area contributed by atoms with Crippen molar-refractivity contribution in [1.29, 1.82) is 0 Å². The Kier molecular flexibility index (Phi) is 2.52. The van der Waals surface area contributed by atoms with Gasteiger partial charge < -0.3 is 10.6 Å². The van der Waals surface area contributed by atoms with E-state index in [-0.39, 0.29) is 0 Å². The number of anilines is 2. The molecule has 1 heterocycles. The van der Waals surface area contributed by atoms with Crippen LogP contribution >= 0.6 is 0 Å². The predicted molar refractivity (Wildman–Crippen MR) is 80.5 cm³/mol. The van der Waals surface area contributed by atoms with Gasteiger partial charge in [0.2, 0.25) is 0 Å². The van der Waals surface area contributed by atoms with Gasteiger partial charge >= 0.3 is 0 Å². The molecule has 4 nitrogen and oxygen atoms in total. The van der Waals surface area contributed by atoms with Crippen LogP contribution in [0.25, 0.3) is 22.1 Å². The summed E-state index contributed by atoms with van der Waals surface area (Å²) in [5.74, 6) is 0. The van der Waals surface area contributed by atoms with Crippen LogP contribution < -0.4 is 10.6 Å². The monoisotopic (exact) mass is 252 g/mol. The Morgan fingerprint density at radius 1 is 0.947 bits per heavy atom. The second kappa shape index (κ2) is 4.09. The van der Waals surface area contributed by atoms with Crippen LogP contribution in [0.4, 0.5) is 11.4 Å². The standard InChI is InChI=1S/C15H16N4/c1-9-11(16)5-7-13-15(9)18-14-8-10(19(2)3)4-6-12(14)17-13/h4-8H,16H2,1-3H3. The van der Waals surface area contributed by atoms with E-state index in [1.54, 1.807) is 0 Å². The topological polar surface area (TPSA) is 55.0 Å². The average Bonchev–Trinajstić information content (AvgIpc) is 2.41. The molecule has 0 aliphatic rings. The summed E-state index contributed by atoms with van der Waals surface area (Å²) in [6.45, 7) is 1.98. The van der Waals surface area contributed by atoms with Gasteiger partial charge in [0.05, 0.1) is 22.1 Å². The first kappa shape index (κ1) is 11.7. The molecule has 0 spiro atoms. The van der Waals surface area contributed by atoms with E-state index in [2.05, 4.69) is 9.88 Å². The third kappa shape index (κ3) is 1.85. The molecular formula is C15H16N4. The summed E-state index contributed by atoms with van der Waals surface area (Å²) < 4.78 is 0. The summed E-state index contributed by atoms with van der Waals surface area (Å²) >= 11 is 0. The first-order valence-corrected chi connectivity index (χ1v) is 6.20. The second-order valence-corrected chi connectivity index (χ2v) is 4.94. The zero-order chi connectivity index (χ0) is 13.6. The van der Waals surface area contributed by atoms with E-state index < -0.39 is 0 Å². The molecule has 2 N–H and O–H groups in total. The first-order valence-electron chi connectivity index (χ1n) is 6.20. The average molecular weight is 252 g/mol. The molecule has 0 unspecified atom stereocenters. The SMILES string of the molecule is Cc1c(N)ccc2nc3ccc(N(C)C)cc3nc12. The minimum absolute atomic E-state index is 0.755. The Hall–Kier alpha value is -2.36. The van der Waals surface area contributed by atoms with E-state index >= 15 is 0 Å². The molecular weight excluding hydrogens is 236 g/mol. The van der Waals surface area contributed by atoms with E-state index in [4.69, 9.17) is 10.7 Å². The van der Waals surface area contributed by atoms with E-state index in [0.717, 1.165) is 39.0 Å². The molecule has 0 saturated carbocycles. The quantitative estimate of drug-likeness (QED) is 0.534. The van der Waals surface area contributed by atoms with E-state index in [0.29, 0.717) is 0 Å². The van der Waals surface area contributed by atoms with E-state index in [9.17, 15) is 0 Å². The molecule has 1 aromatic heterocycles. The van der Waals surface area contributed by atoms with Crippen molar-refractivity contribution in [1.82, 2.24) is 9.97 Å². The van der Waals surface area contributed by atoms with Gasteiger partial charge in [0.25, 0.3) is 0 Å². The molecule has 0 atom stereocenters. The van der Waals surface area contributed by atoms with Crippen molar-refractivity contribution in [2.45, 2.75) is 6.92 Å². The Labute approximate surface area is 111 Å². The summed E-state index contributed by atoms with van der Waals surface area (Å²) in [7, 11) is 4.03. The number of hydrogen-bond donors (Lipinski definition) is 1. The summed E-state index contributed by atoms with van der Waals surface area (Å²) in [4.78, 5) is 11.4. The zero-order valence-corrected chi connectivity index (χ0v) is 11.3. The number of aryl methyl sites for hydroxylation is 1. The van der Waals surface area contributed by atoms with Crippen LogP contribution in [0.15, 0.2) is 30.3 Å². The molecule has 4 heteroatoms. The van der Waals surface area contributed by atoms with Crippen molar-refractivity contribution in [3.8, 4) is 0 Å². The smallest absolute Gasteiger partial charge is 0.0944 e. The van der Waals surface area contributed by atoms with Gasteiger partial charge in [-0.15, -0.1) is 0 Å². The lowest BCUT2D eigenvalue weighted by Gasteiger charge is -2.13. The maximum atomic E-state index is 5.93. The number of hydrogen-bond acceptors (Lipinski definition) is 4. The third-order valence-electron chi connectivity index (χ3n) is 3.40. The zero-order valence-electron chi connectivity index (χ0n) is 11.3. The van der Waals surface area contributed by atoms with Crippen LogP contribution in [-0.4, -0.2) is 24.1 Å². The van der Waals surface area contributed by atoms with Gasteiger partial charge in [-0.25, -0.2) is 9.97 Å².